The Morgan fingerprint density at radius 2 is 1.77 bits per heavy atom. The van der Waals surface area contributed by atoms with Gasteiger partial charge < -0.3 is 5.32 Å². The van der Waals surface area contributed by atoms with Gasteiger partial charge in [0.1, 0.15) is 18.7 Å². The molecule has 9 heteroatoms. The second kappa shape index (κ2) is 9.40. The third kappa shape index (κ3) is 5.56. The molecule has 0 bridgehead atoms. The van der Waals surface area contributed by atoms with Crippen molar-refractivity contribution >= 4 is 15.7 Å². The van der Waals surface area contributed by atoms with E-state index in [1.807, 2.05) is 59.5 Å². The number of hydrogen-bond acceptors (Lipinski definition) is 6. The van der Waals surface area contributed by atoms with E-state index in [0.717, 1.165) is 16.7 Å². The molecular formula is C22H25N5O3S. The Kier molecular flexibility index (Phi) is 6.43. The number of sulfone groups is 1. The number of carbonyl (C=O) groups excluding carboxylic acids is 1. The van der Waals surface area contributed by atoms with E-state index in [1.165, 1.54) is 6.33 Å². The van der Waals surface area contributed by atoms with Crippen molar-refractivity contribution in [3.8, 4) is 0 Å². The predicted octanol–water partition coefficient (Wildman–Crippen LogP) is 1.41. The molecule has 8 nitrogen and oxygen atoms in total. The lowest BCUT2D eigenvalue weighted by molar-refractivity contribution is -0.126. The van der Waals surface area contributed by atoms with E-state index in [9.17, 15) is 13.2 Å². The highest BCUT2D eigenvalue weighted by atomic mass is 32.2. The number of nitrogens with zero attached hydrogens (tertiary/aromatic N) is 4. The van der Waals surface area contributed by atoms with E-state index >= 15 is 0 Å². The third-order valence-electron chi connectivity index (χ3n) is 5.38. The zero-order valence-electron chi connectivity index (χ0n) is 17.1. The van der Waals surface area contributed by atoms with Crippen molar-refractivity contribution < 1.29 is 13.2 Å². The summed E-state index contributed by atoms with van der Waals surface area (Å²) in [5.74, 6) is 0.0224. The summed E-state index contributed by atoms with van der Waals surface area (Å²) in [4.78, 5) is 19.1. The molecule has 1 saturated heterocycles. The van der Waals surface area contributed by atoms with Crippen LogP contribution >= 0.6 is 0 Å². The first kappa shape index (κ1) is 21.2. The molecule has 0 saturated carbocycles. The maximum Gasteiger partial charge on any atom is 0.242 e. The number of hydrogen-bond donors (Lipinski definition) is 1. The lowest BCUT2D eigenvalue weighted by Gasteiger charge is -2.33. The summed E-state index contributed by atoms with van der Waals surface area (Å²) in [5.41, 5.74) is 2.91. The molecular weight excluding hydrogens is 414 g/mol. The van der Waals surface area contributed by atoms with Gasteiger partial charge in [-0.1, -0.05) is 54.6 Å². The van der Waals surface area contributed by atoms with E-state index in [0.29, 0.717) is 26.2 Å². The first-order valence-electron chi connectivity index (χ1n) is 10.2. The van der Waals surface area contributed by atoms with Crippen LogP contribution in [0.4, 0.5) is 0 Å². The summed E-state index contributed by atoms with van der Waals surface area (Å²) in [6.07, 6.45) is 3.16. The number of carbonyl (C=O) groups is 1. The van der Waals surface area contributed by atoms with Gasteiger partial charge in [0.15, 0.2) is 9.84 Å². The fraction of sp³-hybridized carbons (Fsp3) is 0.318. The molecule has 1 unspecified atom stereocenters. The van der Waals surface area contributed by atoms with Crippen LogP contribution < -0.4 is 5.32 Å². The second-order valence-electron chi connectivity index (χ2n) is 7.63. The van der Waals surface area contributed by atoms with Gasteiger partial charge in [-0.2, -0.15) is 5.10 Å². The molecule has 3 aromatic rings. The molecule has 1 fully saturated rings. The average molecular weight is 440 g/mol. The molecule has 2 heterocycles. The Bertz CT molecular complexity index is 1100. The SMILES string of the molecule is O=C(NCc1cccc(Cn2cncn2)c1)C(c1ccccc1)N1CCS(=O)(=O)CC1. The summed E-state index contributed by atoms with van der Waals surface area (Å²) in [6, 6.07) is 17.0. The molecule has 1 aliphatic rings. The normalized spacial score (nSPS) is 17.2. The summed E-state index contributed by atoms with van der Waals surface area (Å²) >= 11 is 0. The fourth-order valence-corrected chi connectivity index (χ4v) is 5.00. The van der Waals surface area contributed by atoms with Gasteiger partial charge >= 0.3 is 0 Å². The van der Waals surface area contributed by atoms with Crippen LogP contribution in [0.25, 0.3) is 0 Å². The zero-order valence-corrected chi connectivity index (χ0v) is 17.9. The molecule has 1 amide bonds. The summed E-state index contributed by atoms with van der Waals surface area (Å²) in [6.45, 7) is 1.70. The van der Waals surface area contributed by atoms with Crippen LogP contribution in [-0.4, -0.2) is 58.6 Å². The number of nitrogens with one attached hydrogen (secondary N) is 1. The highest BCUT2D eigenvalue weighted by Gasteiger charge is 2.32. The molecule has 0 radical (unpaired) electrons. The lowest BCUT2D eigenvalue weighted by atomic mass is 10.0. The van der Waals surface area contributed by atoms with Gasteiger partial charge in [-0.25, -0.2) is 18.1 Å². The van der Waals surface area contributed by atoms with Crippen molar-refractivity contribution in [3.05, 3.63) is 83.9 Å². The third-order valence-corrected chi connectivity index (χ3v) is 6.99. The monoisotopic (exact) mass is 439 g/mol. The van der Waals surface area contributed by atoms with Gasteiger partial charge in [-0.05, 0) is 16.7 Å². The molecule has 4 rings (SSSR count). The van der Waals surface area contributed by atoms with Gasteiger partial charge in [-0.3, -0.25) is 9.69 Å². The van der Waals surface area contributed by atoms with E-state index in [-0.39, 0.29) is 17.4 Å². The van der Waals surface area contributed by atoms with E-state index < -0.39 is 15.9 Å². The molecule has 31 heavy (non-hydrogen) atoms. The lowest BCUT2D eigenvalue weighted by Crippen LogP contribution is -2.47. The maximum atomic E-state index is 13.2. The summed E-state index contributed by atoms with van der Waals surface area (Å²) < 4.78 is 25.4. The molecule has 162 valence electrons. The highest BCUT2D eigenvalue weighted by molar-refractivity contribution is 7.91. The molecule has 2 aromatic carbocycles. The Balaban J connectivity index is 1.45. The highest BCUT2D eigenvalue weighted by Crippen LogP contribution is 2.23. The van der Waals surface area contributed by atoms with Crippen LogP contribution in [0.15, 0.2) is 67.3 Å². The van der Waals surface area contributed by atoms with E-state index in [2.05, 4.69) is 15.4 Å². The molecule has 1 N–H and O–H groups in total. The van der Waals surface area contributed by atoms with Gasteiger partial charge in [-0.15, -0.1) is 0 Å². The zero-order chi connectivity index (χ0) is 21.7. The van der Waals surface area contributed by atoms with Gasteiger partial charge in [0.05, 0.1) is 18.1 Å². The number of aromatic nitrogens is 3. The quantitative estimate of drug-likeness (QED) is 0.598. The minimum Gasteiger partial charge on any atom is -0.350 e. The van der Waals surface area contributed by atoms with Gasteiger partial charge in [0.2, 0.25) is 5.91 Å². The number of benzene rings is 2. The van der Waals surface area contributed by atoms with Crippen molar-refractivity contribution in [1.29, 1.82) is 0 Å². The Morgan fingerprint density at radius 1 is 1.03 bits per heavy atom. The standard InChI is InChI=1S/C22H25N5O3S/c28-22(24-14-18-5-4-6-19(13-18)15-27-17-23-16-25-27)21(20-7-2-1-3-8-20)26-9-11-31(29,30)12-10-26/h1-8,13,16-17,21H,9-12,14-15H2,(H,24,28). The van der Waals surface area contributed by atoms with Crippen LogP contribution in [0.1, 0.15) is 22.7 Å². The van der Waals surface area contributed by atoms with Crippen molar-refractivity contribution in [2.75, 3.05) is 24.6 Å². The van der Waals surface area contributed by atoms with Crippen LogP contribution in [0.5, 0.6) is 0 Å². The van der Waals surface area contributed by atoms with Crippen LogP contribution in [-0.2, 0) is 27.7 Å². The van der Waals surface area contributed by atoms with E-state index in [4.69, 9.17) is 0 Å². The van der Waals surface area contributed by atoms with E-state index in [1.54, 1.807) is 11.0 Å². The Hall–Kier alpha value is -3.04. The van der Waals surface area contributed by atoms with Crippen molar-refractivity contribution in [2.45, 2.75) is 19.1 Å². The minimum absolute atomic E-state index is 0.0773. The summed E-state index contributed by atoms with van der Waals surface area (Å²) in [5, 5.41) is 7.16. The molecule has 1 atom stereocenters. The number of rotatable bonds is 7. The minimum atomic E-state index is -3.02. The van der Waals surface area contributed by atoms with Gasteiger partial charge in [0.25, 0.3) is 0 Å². The first-order chi connectivity index (χ1) is 15.0. The van der Waals surface area contributed by atoms with Crippen molar-refractivity contribution in [3.63, 3.8) is 0 Å². The predicted molar refractivity (Wildman–Crippen MR) is 117 cm³/mol. The van der Waals surface area contributed by atoms with Crippen LogP contribution in [0, 0.1) is 0 Å². The Labute approximate surface area is 181 Å². The largest absolute Gasteiger partial charge is 0.350 e. The van der Waals surface area contributed by atoms with Crippen molar-refractivity contribution in [2.24, 2.45) is 0 Å². The summed E-state index contributed by atoms with van der Waals surface area (Å²) in [7, 11) is -3.02. The molecule has 1 aromatic heterocycles. The smallest absolute Gasteiger partial charge is 0.242 e. The molecule has 0 spiro atoms. The Morgan fingerprint density at radius 3 is 2.48 bits per heavy atom. The molecule has 1 aliphatic heterocycles. The fourth-order valence-electron chi connectivity index (χ4n) is 3.77. The molecule has 0 aliphatic carbocycles. The maximum absolute atomic E-state index is 13.2. The van der Waals surface area contributed by atoms with Crippen LogP contribution in [0.2, 0.25) is 0 Å². The van der Waals surface area contributed by atoms with Crippen molar-refractivity contribution in [1.82, 2.24) is 25.0 Å². The number of amides is 1. The average Bonchev–Trinajstić information content (AvgIpc) is 3.28. The van der Waals surface area contributed by atoms with Gasteiger partial charge in [0, 0.05) is 19.6 Å². The first-order valence-corrected chi connectivity index (χ1v) is 12.0. The second-order valence-corrected chi connectivity index (χ2v) is 9.94. The topological polar surface area (TPSA) is 97.2 Å². The van der Waals surface area contributed by atoms with Crippen LogP contribution in [0.3, 0.4) is 0 Å².